The Hall–Kier alpha value is 0.150. The van der Waals surface area contributed by atoms with E-state index in [2.05, 4.69) is 12.6 Å². The smallest absolute Gasteiger partial charge is 0.0705 e. The molecule has 0 fully saturated rings. The number of nitrogens with one attached hydrogen (secondary N) is 1. The van der Waals surface area contributed by atoms with E-state index < -0.39 is 0 Å². The summed E-state index contributed by atoms with van der Waals surface area (Å²) in [5, 5.41) is 20.9. The van der Waals surface area contributed by atoms with Crippen LogP contribution in [0.3, 0.4) is 0 Å². The molecule has 0 aromatic rings. The second kappa shape index (κ2) is 5.74. The van der Waals surface area contributed by atoms with Gasteiger partial charge < -0.3 is 5.21 Å². The Morgan fingerprint density at radius 2 is 2.08 bits per heavy atom. The third-order valence-corrected chi connectivity index (χ3v) is 2.10. The fraction of sp³-hybridized carbons (Fsp3) is 1.00. The zero-order chi connectivity index (χ0) is 9.72. The highest BCUT2D eigenvalue weighted by Gasteiger charge is 2.20. The Morgan fingerprint density at radius 1 is 1.58 bits per heavy atom. The van der Waals surface area contributed by atoms with Crippen molar-refractivity contribution in [3.63, 3.8) is 0 Å². The van der Waals surface area contributed by atoms with E-state index in [1.54, 1.807) is 0 Å². The number of hydrogen-bond donors (Lipinski definition) is 3. The number of hydrogen-bond acceptors (Lipinski definition) is 6. The summed E-state index contributed by atoms with van der Waals surface area (Å²) in [5.41, 5.74) is 1.38. The van der Waals surface area contributed by atoms with Crippen LogP contribution in [0.15, 0.2) is 0 Å². The molecule has 6 heteroatoms. The molecular weight excluding hydrogens is 178 g/mol. The van der Waals surface area contributed by atoms with Crippen molar-refractivity contribution < 1.29 is 5.21 Å². The van der Waals surface area contributed by atoms with Gasteiger partial charge in [0.15, 0.2) is 0 Å². The fourth-order valence-corrected chi connectivity index (χ4v) is 1.29. The second-order valence-corrected chi connectivity index (χ2v) is 3.34. The molecule has 0 spiro atoms. The van der Waals surface area contributed by atoms with Crippen molar-refractivity contribution in [1.82, 2.24) is 15.9 Å². The van der Waals surface area contributed by atoms with E-state index in [1.165, 1.54) is 10.6 Å². The largest absolute Gasteiger partial charge is 0.772 e. The summed E-state index contributed by atoms with van der Waals surface area (Å²) in [6.07, 6.45) is 0.736. The molecule has 0 radical (unpaired) electrons. The quantitative estimate of drug-likeness (QED) is 0.346. The Bertz CT molecular complexity index is 115. The van der Waals surface area contributed by atoms with E-state index in [0.717, 1.165) is 6.42 Å². The van der Waals surface area contributed by atoms with Gasteiger partial charge in [-0.05, 0) is 20.3 Å². The van der Waals surface area contributed by atoms with Crippen LogP contribution in [0.4, 0.5) is 0 Å². The Labute approximate surface area is 78.2 Å². The van der Waals surface area contributed by atoms with E-state index in [1.807, 2.05) is 20.8 Å². The third kappa shape index (κ3) is 3.26. The first-order chi connectivity index (χ1) is 5.54. The number of nitrogens with zero attached hydrogens (tertiary/aromatic N) is 2. The lowest BCUT2D eigenvalue weighted by Crippen LogP contribution is -2.53. The SMILES string of the molecule is CCC(S)N(C(C)C)N(O)N[O-]. The molecule has 0 heterocycles. The first-order valence-corrected chi connectivity index (χ1v) is 4.39. The van der Waals surface area contributed by atoms with Crippen molar-refractivity contribution in [2.75, 3.05) is 0 Å². The van der Waals surface area contributed by atoms with Crippen molar-refractivity contribution in [2.45, 2.75) is 38.6 Å². The van der Waals surface area contributed by atoms with Crippen molar-refractivity contribution in [1.29, 1.82) is 0 Å². The minimum absolute atomic E-state index is 0.0129. The average molecular weight is 194 g/mol. The van der Waals surface area contributed by atoms with Crippen molar-refractivity contribution in [3.8, 4) is 0 Å². The van der Waals surface area contributed by atoms with Crippen LogP contribution in [-0.2, 0) is 0 Å². The molecule has 0 bridgehead atoms. The van der Waals surface area contributed by atoms with Crippen LogP contribution in [0, 0.1) is 5.21 Å². The van der Waals surface area contributed by atoms with Crippen LogP contribution in [0.2, 0.25) is 0 Å². The summed E-state index contributed by atoms with van der Waals surface area (Å²) in [7, 11) is 0. The predicted molar refractivity (Wildman–Crippen MR) is 50.2 cm³/mol. The molecule has 0 aliphatic carbocycles. The first kappa shape index (κ1) is 12.2. The molecule has 74 valence electrons. The third-order valence-electron chi connectivity index (χ3n) is 1.50. The molecule has 0 aliphatic rings. The number of rotatable bonds is 5. The van der Waals surface area contributed by atoms with Gasteiger partial charge in [-0.3, -0.25) is 10.8 Å². The number of thiol groups is 1. The lowest BCUT2D eigenvalue weighted by molar-refractivity contribution is -0.289. The van der Waals surface area contributed by atoms with Gasteiger partial charge in [0.25, 0.3) is 0 Å². The summed E-state index contributed by atoms with van der Waals surface area (Å²) in [5.74, 6) is 0. The summed E-state index contributed by atoms with van der Waals surface area (Å²) < 4.78 is 0. The van der Waals surface area contributed by atoms with E-state index in [-0.39, 0.29) is 11.4 Å². The van der Waals surface area contributed by atoms with Crippen LogP contribution in [0.25, 0.3) is 0 Å². The molecule has 0 saturated carbocycles. The Morgan fingerprint density at radius 3 is 2.33 bits per heavy atom. The number of hydrazine groups is 2. The van der Waals surface area contributed by atoms with E-state index in [4.69, 9.17) is 5.21 Å². The molecule has 5 nitrogen and oxygen atoms in total. The van der Waals surface area contributed by atoms with Gasteiger partial charge >= 0.3 is 0 Å². The maximum Gasteiger partial charge on any atom is 0.0705 e. The maximum absolute atomic E-state index is 10.1. The van der Waals surface area contributed by atoms with Gasteiger partial charge in [-0.2, -0.15) is 17.6 Å². The van der Waals surface area contributed by atoms with Gasteiger partial charge in [-0.25, -0.2) is 0 Å². The van der Waals surface area contributed by atoms with Crippen molar-refractivity contribution in [3.05, 3.63) is 5.21 Å². The van der Waals surface area contributed by atoms with E-state index in [9.17, 15) is 5.21 Å². The zero-order valence-electron chi connectivity index (χ0n) is 7.56. The zero-order valence-corrected chi connectivity index (χ0v) is 8.45. The van der Waals surface area contributed by atoms with Crippen LogP contribution < -0.4 is 5.59 Å². The van der Waals surface area contributed by atoms with Gasteiger partial charge in [0, 0.05) is 6.04 Å². The molecule has 0 aromatic heterocycles. The molecule has 1 unspecified atom stereocenters. The van der Waals surface area contributed by atoms with Crippen LogP contribution >= 0.6 is 12.6 Å². The minimum atomic E-state index is -0.170. The van der Waals surface area contributed by atoms with Gasteiger partial charge in [-0.15, -0.1) is 0 Å². The van der Waals surface area contributed by atoms with Crippen molar-refractivity contribution >= 4 is 12.6 Å². The molecule has 1 atom stereocenters. The van der Waals surface area contributed by atoms with E-state index in [0.29, 0.717) is 5.28 Å². The monoisotopic (exact) mass is 194 g/mol. The average Bonchev–Trinajstić information content (AvgIpc) is 2.03. The highest BCUT2D eigenvalue weighted by atomic mass is 32.1. The molecule has 0 rings (SSSR count). The van der Waals surface area contributed by atoms with Crippen LogP contribution in [0.1, 0.15) is 27.2 Å². The lowest BCUT2D eigenvalue weighted by Gasteiger charge is -2.38. The highest BCUT2D eigenvalue weighted by molar-refractivity contribution is 7.80. The topological polar surface area (TPSA) is 61.8 Å². The molecule has 0 aliphatic heterocycles. The highest BCUT2D eigenvalue weighted by Crippen LogP contribution is 2.12. The second-order valence-electron chi connectivity index (χ2n) is 2.74. The molecule has 0 saturated heterocycles. The normalized spacial score (nSPS) is 14.8. The summed E-state index contributed by atoms with van der Waals surface area (Å²) in [6, 6.07) is 0.0129. The lowest BCUT2D eigenvalue weighted by atomic mass is 10.3. The molecule has 2 N–H and O–H groups in total. The fourth-order valence-electron chi connectivity index (χ4n) is 0.923. The van der Waals surface area contributed by atoms with E-state index >= 15 is 0 Å². The standard InChI is InChI=1S/C6H16N3O2S/c1-4-6(12)8(5(2)3)9(11)7-10/h5-7,11-12H,4H2,1-3H3/q-1. The van der Waals surface area contributed by atoms with Crippen LogP contribution in [-0.4, -0.2) is 26.9 Å². The van der Waals surface area contributed by atoms with Gasteiger partial charge in [0.1, 0.15) is 0 Å². The maximum atomic E-state index is 10.1. The Kier molecular flexibility index (Phi) is 5.81. The Balaban J connectivity index is 4.21. The van der Waals surface area contributed by atoms with Gasteiger partial charge in [-0.1, -0.05) is 12.2 Å². The first-order valence-electron chi connectivity index (χ1n) is 3.87. The molecule has 0 amide bonds. The van der Waals surface area contributed by atoms with Gasteiger partial charge in [0.2, 0.25) is 0 Å². The van der Waals surface area contributed by atoms with Gasteiger partial charge in [0.05, 0.1) is 5.37 Å². The molecule has 12 heavy (non-hydrogen) atoms. The van der Waals surface area contributed by atoms with Crippen LogP contribution in [0.5, 0.6) is 0 Å². The summed E-state index contributed by atoms with van der Waals surface area (Å²) >= 11 is 4.20. The minimum Gasteiger partial charge on any atom is -0.772 e. The predicted octanol–water partition coefficient (Wildman–Crippen LogP) is 0.971. The molecule has 0 aromatic carbocycles. The summed E-state index contributed by atoms with van der Waals surface area (Å²) in [4.78, 5) is 0. The summed E-state index contributed by atoms with van der Waals surface area (Å²) in [6.45, 7) is 5.64. The molecular formula is C6H16N3O2S-. The van der Waals surface area contributed by atoms with Crippen molar-refractivity contribution in [2.24, 2.45) is 0 Å².